The van der Waals surface area contributed by atoms with Crippen LogP contribution in [0.15, 0.2) is 41.2 Å². The molecule has 0 atom stereocenters. The number of benzene rings is 2. The number of anilines is 3. The molecule has 3 aromatic rings. The summed E-state index contributed by atoms with van der Waals surface area (Å²) in [4.78, 5) is 38.8. The van der Waals surface area contributed by atoms with Gasteiger partial charge in [0, 0.05) is 23.2 Å². The van der Waals surface area contributed by atoms with Crippen molar-refractivity contribution in [2.24, 2.45) is 0 Å². The van der Waals surface area contributed by atoms with Gasteiger partial charge in [0.15, 0.2) is 0 Å². The second kappa shape index (κ2) is 18.4. The number of amides is 1. The Morgan fingerprint density at radius 1 is 0.773 bits per heavy atom. The summed E-state index contributed by atoms with van der Waals surface area (Å²) in [6.07, 6.45) is 12.9. The molecule has 2 N–H and O–H groups in total. The first-order valence-corrected chi connectivity index (χ1v) is 16.7. The first-order chi connectivity index (χ1) is 21.2. The molecule has 0 unspecified atom stereocenters. The van der Waals surface area contributed by atoms with Crippen LogP contribution < -0.4 is 16.2 Å². The van der Waals surface area contributed by atoms with Gasteiger partial charge in [-0.25, -0.2) is 9.48 Å². The highest BCUT2D eigenvalue weighted by Gasteiger charge is 2.24. The number of nitrogens with zero attached hydrogens (tertiary/aromatic N) is 2. The minimum Gasteiger partial charge on any atom is -0.448 e. The molecule has 44 heavy (non-hydrogen) atoms. The SMILES string of the molecule is CCCCCCCCCCCCCC(=O)Nc1ccc(Cl)c(Nc2cc(=O)n(-c3c(Cl)cc(Cl)cc3Cl)n2C(=O)OCC)c1. The molecule has 2 aromatic carbocycles. The largest absolute Gasteiger partial charge is 0.448 e. The predicted molar refractivity (Wildman–Crippen MR) is 182 cm³/mol. The number of halogens is 4. The minimum atomic E-state index is -0.855. The zero-order valence-corrected chi connectivity index (χ0v) is 28.2. The van der Waals surface area contributed by atoms with Gasteiger partial charge >= 0.3 is 6.09 Å². The van der Waals surface area contributed by atoms with E-state index < -0.39 is 11.7 Å². The van der Waals surface area contributed by atoms with Crippen LogP contribution in [0.3, 0.4) is 0 Å². The van der Waals surface area contributed by atoms with E-state index in [0.717, 1.165) is 28.6 Å². The molecule has 0 aliphatic rings. The molecule has 0 aliphatic carbocycles. The lowest BCUT2D eigenvalue weighted by Gasteiger charge is -2.17. The lowest BCUT2D eigenvalue weighted by molar-refractivity contribution is -0.116. The molecule has 3 rings (SSSR count). The minimum absolute atomic E-state index is 0.0434. The highest BCUT2D eigenvalue weighted by Crippen LogP contribution is 2.34. The van der Waals surface area contributed by atoms with Gasteiger partial charge in [-0.2, -0.15) is 4.68 Å². The molecule has 12 heteroatoms. The standard InChI is InChI=1S/C32H40Cl4N4O4/c1-3-5-6-7-8-9-10-11-12-13-14-15-29(41)37-23-16-17-24(34)27(20-23)38-28-21-30(42)40(39(28)32(43)44-4-2)31-25(35)18-22(33)19-26(31)36/h16-21,38H,3-15H2,1-2H3,(H,37,41). The summed E-state index contributed by atoms with van der Waals surface area (Å²) < 4.78 is 7.17. The van der Waals surface area contributed by atoms with Gasteiger partial charge in [0.25, 0.3) is 5.56 Å². The summed E-state index contributed by atoms with van der Waals surface area (Å²) in [7, 11) is 0. The normalized spacial score (nSPS) is 11.0. The molecule has 1 amide bonds. The Hall–Kier alpha value is -2.65. The number of unbranched alkanes of at least 4 members (excludes halogenated alkanes) is 10. The molecule has 240 valence electrons. The van der Waals surface area contributed by atoms with Gasteiger partial charge in [0.1, 0.15) is 11.5 Å². The number of rotatable bonds is 17. The molecule has 0 saturated heterocycles. The number of hydrogen-bond donors (Lipinski definition) is 2. The summed E-state index contributed by atoms with van der Waals surface area (Å²) in [6.45, 7) is 3.92. The number of ether oxygens (including phenoxy) is 1. The van der Waals surface area contributed by atoms with Crippen LogP contribution >= 0.6 is 46.4 Å². The predicted octanol–water partition coefficient (Wildman–Crippen LogP) is 10.6. The molecule has 8 nitrogen and oxygen atoms in total. The van der Waals surface area contributed by atoms with Crippen molar-refractivity contribution in [3.05, 3.63) is 66.8 Å². The van der Waals surface area contributed by atoms with Crippen molar-refractivity contribution in [2.75, 3.05) is 17.2 Å². The summed E-state index contributed by atoms with van der Waals surface area (Å²) in [5.74, 6) is -0.0577. The van der Waals surface area contributed by atoms with E-state index in [1.807, 2.05) is 0 Å². The van der Waals surface area contributed by atoms with Gasteiger partial charge in [-0.05, 0) is 43.7 Å². The topological polar surface area (TPSA) is 94.4 Å². The third-order valence-electron chi connectivity index (χ3n) is 7.05. The van der Waals surface area contributed by atoms with E-state index in [9.17, 15) is 14.4 Å². The second-order valence-electron chi connectivity index (χ2n) is 10.6. The molecule has 0 radical (unpaired) electrons. The molecule has 1 aromatic heterocycles. The van der Waals surface area contributed by atoms with Crippen molar-refractivity contribution in [3.8, 4) is 5.69 Å². The average Bonchev–Trinajstić information content (AvgIpc) is 3.28. The van der Waals surface area contributed by atoms with Crippen molar-refractivity contribution >= 4 is 75.6 Å². The molecule has 0 spiro atoms. The van der Waals surface area contributed by atoms with E-state index in [4.69, 9.17) is 51.1 Å². The molecular weight excluding hydrogens is 646 g/mol. The first-order valence-electron chi connectivity index (χ1n) is 15.2. The van der Waals surface area contributed by atoms with Crippen LogP contribution in [0.5, 0.6) is 0 Å². The lowest BCUT2D eigenvalue weighted by Crippen LogP contribution is -2.28. The second-order valence-corrected chi connectivity index (χ2v) is 12.2. The molecule has 0 bridgehead atoms. The maximum absolute atomic E-state index is 13.1. The summed E-state index contributed by atoms with van der Waals surface area (Å²) in [5.41, 5.74) is 0.304. The fourth-order valence-electron chi connectivity index (χ4n) is 4.86. The first kappa shape index (κ1) is 35.8. The van der Waals surface area contributed by atoms with Gasteiger partial charge in [-0.3, -0.25) is 9.59 Å². The fraction of sp³-hybridized carbons (Fsp3) is 0.469. The monoisotopic (exact) mass is 684 g/mol. The Balaban J connectivity index is 1.66. The van der Waals surface area contributed by atoms with Crippen LogP contribution in [-0.2, 0) is 9.53 Å². The van der Waals surface area contributed by atoms with Crippen molar-refractivity contribution in [2.45, 2.75) is 90.9 Å². The number of hydrogen-bond acceptors (Lipinski definition) is 5. The van der Waals surface area contributed by atoms with Crippen LogP contribution in [0.2, 0.25) is 20.1 Å². The number of aromatic nitrogens is 2. The molecule has 0 aliphatic heterocycles. The van der Waals surface area contributed by atoms with Crippen LogP contribution in [-0.4, -0.2) is 28.0 Å². The summed E-state index contributed by atoms with van der Waals surface area (Å²) in [6, 6.07) is 8.92. The third kappa shape index (κ3) is 10.5. The highest BCUT2D eigenvalue weighted by molar-refractivity contribution is 6.40. The van der Waals surface area contributed by atoms with Crippen LogP contribution in [0.25, 0.3) is 5.69 Å². The van der Waals surface area contributed by atoms with Crippen LogP contribution in [0.4, 0.5) is 22.0 Å². The molecular formula is C32H40Cl4N4O4. The Bertz CT molecular complexity index is 1450. The average molecular weight is 687 g/mol. The van der Waals surface area contributed by atoms with Crippen molar-refractivity contribution < 1.29 is 14.3 Å². The van der Waals surface area contributed by atoms with E-state index in [0.29, 0.717) is 22.8 Å². The number of carbonyl (C=O) groups excluding carboxylic acids is 2. The van der Waals surface area contributed by atoms with Crippen LogP contribution in [0.1, 0.15) is 90.9 Å². The maximum Gasteiger partial charge on any atom is 0.435 e. The summed E-state index contributed by atoms with van der Waals surface area (Å²) in [5, 5.41) is 6.58. The van der Waals surface area contributed by atoms with Gasteiger partial charge in [0.05, 0.1) is 27.4 Å². The molecule has 0 fully saturated rings. The smallest absolute Gasteiger partial charge is 0.435 e. The van der Waals surface area contributed by atoms with Crippen molar-refractivity contribution in [1.29, 1.82) is 0 Å². The van der Waals surface area contributed by atoms with E-state index in [-0.39, 0.29) is 39.1 Å². The highest BCUT2D eigenvalue weighted by atomic mass is 35.5. The Morgan fingerprint density at radius 2 is 1.36 bits per heavy atom. The Morgan fingerprint density at radius 3 is 1.95 bits per heavy atom. The summed E-state index contributed by atoms with van der Waals surface area (Å²) >= 11 is 25.2. The third-order valence-corrected chi connectivity index (χ3v) is 8.18. The number of nitrogens with one attached hydrogen (secondary N) is 2. The zero-order valence-electron chi connectivity index (χ0n) is 25.2. The van der Waals surface area contributed by atoms with E-state index >= 15 is 0 Å². The maximum atomic E-state index is 13.1. The quantitative estimate of drug-likeness (QED) is 0.138. The van der Waals surface area contributed by atoms with Gasteiger partial charge in [-0.15, -0.1) is 0 Å². The molecule has 1 heterocycles. The van der Waals surface area contributed by atoms with Crippen molar-refractivity contribution in [1.82, 2.24) is 9.36 Å². The zero-order chi connectivity index (χ0) is 32.1. The van der Waals surface area contributed by atoms with Crippen molar-refractivity contribution in [3.63, 3.8) is 0 Å². The lowest BCUT2D eigenvalue weighted by atomic mass is 10.1. The van der Waals surface area contributed by atoms with Gasteiger partial charge in [0.2, 0.25) is 5.91 Å². The molecule has 0 saturated carbocycles. The number of carbonyl (C=O) groups is 2. The fourth-order valence-corrected chi connectivity index (χ4v) is 6.00. The van der Waals surface area contributed by atoms with Gasteiger partial charge in [-0.1, -0.05) is 118 Å². The Kier molecular flexibility index (Phi) is 14.9. The van der Waals surface area contributed by atoms with E-state index in [2.05, 4.69) is 17.6 Å². The van der Waals surface area contributed by atoms with E-state index in [1.54, 1.807) is 25.1 Å². The van der Waals surface area contributed by atoms with Crippen LogP contribution in [0, 0.1) is 0 Å². The van der Waals surface area contributed by atoms with Gasteiger partial charge < -0.3 is 15.4 Å². The van der Waals surface area contributed by atoms with E-state index in [1.165, 1.54) is 69.6 Å². The Labute approximate surface area is 278 Å².